The highest BCUT2D eigenvalue weighted by molar-refractivity contribution is 5.74. The van der Waals surface area contributed by atoms with E-state index < -0.39 is 17.4 Å². The lowest BCUT2D eigenvalue weighted by atomic mass is 10.3. The maximum atomic E-state index is 12.5. The van der Waals surface area contributed by atoms with Gasteiger partial charge in [-0.25, -0.2) is 4.79 Å². The molecule has 0 bridgehead atoms. The summed E-state index contributed by atoms with van der Waals surface area (Å²) in [6, 6.07) is 9.23. The Labute approximate surface area is 160 Å². The summed E-state index contributed by atoms with van der Waals surface area (Å²) in [7, 11) is 1.57. The van der Waals surface area contributed by atoms with E-state index in [-0.39, 0.29) is 18.7 Å². The van der Waals surface area contributed by atoms with Gasteiger partial charge in [0.1, 0.15) is 18.5 Å². The number of hydrogen-bond acceptors (Lipinski definition) is 6. The average Bonchev–Trinajstić information content (AvgIpc) is 3.34. The molecule has 9 heteroatoms. The van der Waals surface area contributed by atoms with Crippen LogP contribution in [0.4, 0.5) is 5.95 Å². The van der Waals surface area contributed by atoms with Crippen molar-refractivity contribution in [3.8, 4) is 5.75 Å². The topological polar surface area (TPSA) is 105 Å². The molecule has 9 nitrogen and oxygen atoms in total. The van der Waals surface area contributed by atoms with Gasteiger partial charge in [0.05, 0.1) is 6.54 Å². The van der Waals surface area contributed by atoms with Gasteiger partial charge in [0, 0.05) is 20.1 Å². The lowest BCUT2D eigenvalue weighted by Crippen LogP contribution is -2.31. The smallest absolute Gasteiger partial charge is 0.329 e. The van der Waals surface area contributed by atoms with Crippen molar-refractivity contribution in [2.24, 2.45) is 7.05 Å². The van der Waals surface area contributed by atoms with Gasteiger partial charge >= 0.3 is 5.69 Å². The summed E-state index contributed by atoms with van der Waals surface area (Å²) in [4.78, 5) is 33.4. The number of rotatable bonds is 6. The summed E-state index contributed by atoms with van der Waals surface area (Å²) in [5.41, 5.74) is -0.426. The first-order valence-electron chi connectivity index (χ1n) is 9.35. The highest BCUT2D eigenvalue weighted by atomic mass is 16.5. The molecule has 2 aromatic heterocycles. The zero-order valence-electron chi connectivity index (χ0n) is 15.7. The van der Waals surface area contributed by atoms with Crippen LogP contribution in [0.1, 0.15) is 12.8 Å². The molecular weight excluding hydrogens is 362 g/mol. The molecule has 1 aliphatic heterocycles. The molecule has 1 atom stereocenters. The van der Waals surface area contributed by atoms with Gasteiger partial charge in [-0.1, -0.05) is 18.2 Å². The zero-order valence-corrected chi connectivity index (χ0v) is 15.7. The maximum absolute atomic E-state index is 12.5. The average molecular weight is 385 g/mol. The Morgan fingerprint density at radius 3 is 2.64 bits per heavy atom. The van der Waals surface area contributed by atoms with E-state index in [1.165, 1.54) is 4.57 Å². The van der Waals surface area contributed by atoms with Gasteiger partial charge in [0.2, 0.25) is 5.95 Å². The minimum Gasteiger partial charge on any atom is -0.491 e. The van der Waals surface area contributed by atoms with Gasteiger partial charge in [-0.2, -0.15) is 4.98 Å². The predicted molar refractivity (Wildman–Crippen MR) is 105 cm³/mol. The highest BCUT2D eigenvalue weighted by Crippen LogP contribution is 2.23. The van der Waals surface area contributed by atoms with Gasteiger partial charge in [-0.15, -0.1) is 0 Å². The Morgan fingerprint density at radius 2 is 1.93 bits per heavy atom. The number of aromatic amines is 1. The molecule has 0 aliphatic carbocycles. The molecule has 28 heavy (non-hydrogen) atoms. The molecule has 3 heterocycles. The first-order valence-corrected chi connectivity index (χ1v) is 9.35. The van der Waals surface area contributed by atoms with Crippen molar-refractivity contribution in [1.82, 2.24) is 19.1 Å². The first-order chi connectivity index (χ1) is 13.5. The molecule has 4 rings (SSSR count). The van der Waals surface area contributed by atoms with Crippen molar-refractivity contribution in [3.63, 3.8) is 0 Å². The third kappa shape index (κ3) is 3.40. The van der Waals surface area contributed by atoms with Crippen molar-refractivity contribution < 1.29 is 9.84 Å². The summed E-state index contributed by atoms with van der Waals surface area (Å²) in [5.74, 6) is 1.26. The number of anilines is 1. The molecular formula is C19H23N5O4. The second-order valence-electron chi connectivity index (χ2n) is 6.98. The van der Waals surface area contributed by atoms with Crippen LogP contribution in [0.25, 0.3) is 11.2 Å². The predicted octanol–water partition coefficient (Wildman–Crippen LogP) is 0.463. The van der Waals surface area contributed by atoms with Gasteiger partial charge in [0.25, 0.3) is 5.56 Å². The number of aliphatic hydroxyl groups is 1. The summed E-state index contributed by atoms with van der Waals surface area (Å²) in [6.45, 7) is 1.86. The minimum absolute atomic E-state index is 0.0762. The summed E-state index contributed by atoms with van der Waals surface area (Å²) in [6.07, 6.45) is 1.23. The van der Waals surface area contributed by atoms with Crippen molar-refractivity contribution in [2.75, 3.05) is 24.6 Å². The van der Waals surface area contributed by atoms with Gasteiger partial charge < -0.3 is 19.3 Å². The second-order valence-corrected chi connectivity index (χ2v) is 6.98. The van der Waals surface area contributed by atoms with Crippen LogP contribution in [0, 0.1) is 0 Å². The second kappa shape index (κ2) is 7.51. The molecule has 0 amide bonds. The van der Waals surface area contributed by atoms with E-state index in [4.69, 9.17) is 4.74 Å². The summed E-state index contributed by atoms with van der Waals surface area (Å²) >= 11 is 0. The third-order valence-corrected chi connectivity index (χ3v) is 4.95. The lowest BCUT2D eigenvalue weighted by molar-refractivity contribution is 0.0936. The van der Waals surface area contributed by atoms with Crippen LogP contribution in [0.5, 0.6) is 5.75 Å². The van der Waals surface area contributed by atoms with E-state index >= 15 is 0 Å². The van der Waals surface area contributed by atoms with Crippen LogP contribution < -0.4 is 20.9 Å². The number of nitrogens with one attached hydrogen (secondary N) is 1. The molecule has 1 saturated heterocycles. The number of aromatic nitrogens is 4. The van der Waals surface area contributed by atoms with Crippen LogP contribution in [-0.4, -0.2) is 50.0 Å². The SMILES string of the molecule is Cn1c(=O)[nH]c(=O)c2c1nc(N1CCCC1)n2C[C@H](O)COc1ccccc1. The van der Waals surface area contributed by atoms with E-state index in [9.17, 15) is 14.7 Å². The molecule has 1 fully saturated rings. The normalized spacial score (nSPS) is 15.3. The molecule has 0 unspecified atom stereocenters. The number of para-hydroxylation sites is 1. The van der Waals surface area contributed by atoms with Crippen LogP contribution in [0.15, 0.2) is 39.9 Å². The molecule has 148 valence electrons. The fourth-order valence-corrected chi connectivity index (χ4v) is 3.53. The maximum Gasteiger partial charge on any atom is 0.329 e. The quantitative estimate of drug-likeness (QED) is 0.639. The molecule has 1 aromatic carbocycles. The standard InChI is InChI=1S/C19H23N5O4/c1-22-16-15(17(26)21-19(22)27)24(18(20-16)23-9-5-6-10-23)11-13(25)12-28-14-7-3-2-4-8-14/h2-4,7-8,13,25H,5-6,9-12H2,1H3,(H,21,26,27)/t13-/m0/s1. The number of imidazole rings is 1. The number of fused-ring (bicyclic) bond motifs is 1. The Kier molecular flexibility index (Phi) is 4.91. The zero-order chi connectivity index (χ0) is 19.7. The number of H-pyrrole nitrogens is 1. The number of aryl methyl sites for hydroxylation is 1. The highest BCUT2D eigenvalue weighted by Gasteiger charge is 2.25. The Balaban J connectivity index is 1.68. The van der Waals surface area contributed by atoms with Crippen LogP contribution in [0.2, 0.25) is 0 Å². The lowest BCUT2D eigenvalue weighted by Gasteiger charge is -2.20. The van der Waals surface area contributed by atoms with Crippen LogP contribution in [-0.2, 0) is 13.6 Å². The van der Waals surface area contributed by atoms with Crippen molar-refractivity contribution in [3.05, 3.63) is 51.2 Å². The summed E-state index contributed by atoms with van der Waals surface area (Å²) in [5, 5.41) is 10.6. The summed E-state index contributed by atoms with van der Waals surface area (Å²) < 4.78 is 8.64. The van der Waals surface area contributed by atoms with E-state index in [1.807, 2.05) is 30.3 Å². The molecule has 0 saturated carbocycles. The number of benzene rings is 1. The van der Waals surface area contributed by atoms with E-state index in [2.05, 4.69) is 14.9 Å². The fourth-order valence-electron chi connectivity index (χ4n) is 3.53. The van der Waals surface area contributed by atoms with Crippen molar-refractivity contribution >= 4 is 17.1 Å². The molecule has 2 N–H and O–H groups in total. The Bertz CT molecular complexity index is 1080. The van der Waals surface area contributed by atoms with E-state index in [0.29, 0.717) is 17.3 Å². The first kappa shape index (κ1) is 18.3. The number of hydrogen-bond donors (Lipinski definition) is 2. The third-order valence-electron chi connectivity index (χ3n) is 4.95. The molecule has 1 aliphatic rings. The molecule has 0 radical (unpaired) electrons. The fraction of sp³-hybridized carbons (Fsp3) is 0.421. The van der Waals surface area contributed by atoms with Gasteiger partial charge in [0.15, 0.2) is 11.2 Å². The van der Waals surface area contributed by atoms with Crippen LogP contribution in [0.3, 0.4) is 0 Å². The van der Waals surface area contributed by atoms with Crippen molar-refractivity contribution in [2.45, 2.75) is 25.5 Å². The Morgan fingerprint density at radius 1 is 1.21 bits per heavy atom. The molecule has 3 aromatic rings. The minimum atomic E-state index is -0.851. The van der Waals surface area contributed by atoms with E-state index in [1.54, 1.807) is 11.6 Å². The van der Waals surface area contributed by atoms with E-state index in [0.717, 1.165) is 25.9 Å². The number of ether oxygens (including phenoxy) is 1. The molecule has 0 spiro atoms. The van der Waals surface area contributed by atoms with Gasteiger partial charge in [-0.05, 0) is 25.0 Å². The largest absolute Gasteiger partial charge is 0.491 e. The number of nitrogens with zero attached hydrogens (tertiary/aromatic N) is 4. The number of aliphatic hydroxyl groups excluding tert-OH is 1. The van der Waals surface area contributed by atoms with Crippen molar-refractivity contribution in [1.29, 1.82) is 0 Å². The Hall–Kier alpha value is -3.07. The van der Waals surface area contributed by atoms with Gasteiger partial charge in [-0.3, -0.25) is 14.3 Å². The van der Waals surface area contributed by atoms with Crippen LogP contribution >= 0.6 is 0 Å². The monoisotopic (exact) mass is 385 g/mol.